The number of benzene rings is 2. The van der Waals surface area contributed by atoms with Crippen LogP contribution in [0.4, 0.5) is 14.5 Å². The second-order valence-electron chi connectivity index (χ2n) is 4.80. The molecule has 0 fully saturated rings. The normalized spacial score (nSPS) is 13.0. The lowest BCUT2D eigenvalue weighted by atomic mass is 10.1. The van der Waals surface area contributed by atoms with Gasteiger partial charge in [-0.25, -0.2) is 17.2 Å². The molecule has 1 N–H and O–H groups in total. The van der Waals surface area contributed by atoms with E-state index in [2.05, 4.69) is 5.32 Å². The van der Waals surface area contributed by atoms with Crippen molar-refractivity contribution in [3.05, 3.63) is 59.7 Å². The fourth-order valence-corrected chi connectivity index (χ4v) is 2.68. The van der Waals surface area contributed by atoms with Crippen molar-refractivity contribution < 1.29 is 17.2 Å². The van der Waals surface area contributed by atoms with Crippen molar-refractivity contribution >= 4 is 15.5 Å². The van der Waals surface area contributed by atoms with Crippen LogP contribution in [-0.4, -0.2) is 14.7 Å². The summed E-state index contributed by atoms with van der Waals surface area (Å²) < 4.78 is 50.0. The molecule has 21 heavy (non-hydrogen) atoms. The molecule has 0 saturated carbocycles. The van der Waals surface area contributed by atoms with Crippen LogP contribution in [0.1, 0.15) is 18.5 Å². The van der Waals surface area contributed by atoms with Crippen molar-refractivity contribution in [3.8, 4) is 0 Å². The molecule has 0 aliphatic heterocycles. The predicted octanol–water partition coefficient (Wildman–Crippen LogP) is 3.54. The average Bonchev–Trinajstić information content (AvgIpc) is 2.38. The maximum atomic E-state index is 13.7. The van der Waals surface area contributed by atoms with Gasteiger partial charge in [-0.2, -0.15) is 0 Å². The van der Waals surface area contributed by atoms with E-state index in [9.17, 15) is 17.2 Å². The third-order valence-electron chi connectivity index (χ3n) is 3.10. The molecule has 2 rings (SSSR count). The highest BCUT2D eigenvalue weighted by atomic mass is 32.2. The molecule has 0 aromatic heterocycles. The van der Waals surface area contributed by atoms with E-state index in [1.54, 1.807) is 19.1 Å². The minimum atomic E-state index is -3.26. The van der Waals surface area contributed by atoms with Gasteiger partial charge in [0, 0.05) is 17.5 Å². The van der Waals surface area contributed by atoms with Crippen molar-refractivity contribution in [2.24, 2.45) is 0 Å². The number of hydrogen-bond donors (Lipinski definition) is 1. The summed E-state index contributed by atoms with van der Waals surface area (Å²) in [6.45, 7) is 1.63. The Balaban J connectivity index is 2.22. The van der Waals surface area contributed by atoms with E-state index in [0.29, 0.717) is 5.69 Å². The van der Waals surface area contributed by atoms with E-state index in [1.807, 2.05) is 0 Å². The Morgan fingerprint density at radius 3 is 2.00 bits per heavy atom. The van der Waals surface area contributed by atoms with E-state index < -0.39 is 27.5 Å². The van der Waals surface area contributed by atoms with Crippen LogP contribution in [0.2, 0.25) is 0 Å². The van der Waals surface area contributed by atoms with Gasteiger partial charge < -0.3 is 5.32 Å². The highest BCUT2D eigenvalue weighted by Crippen LogP contribution is 2.24. The van der Waals surface area contributed by atoms with Gasteiger partial charge in [0.1, 0.15) is 11.6 Å². The summed E-state index contributed by atoms with van der Waals surface area (Å²) in [4.78, 5) is 0.192. The number of anilines is 1. The van der Waals surface area contributed by atoms with Crippen LogP contribution in [0, 0.1) is 11.6 Å². The molecule has 2 aromatic rings. The molecule has 0 aliphatic carbocycles. The van der Waals surface area contributed by atoms with Crippen molar-refractivity contribution in [1.29, 1.82) is 0 Å². The Morgan fingerprint density at radius 2 is 1.52 bits per heavy atom. The van der Waals surface area contributed by atoms with E-state index in [-0.39, 0.29) is 10.5 Å². The van der Waals surface area contributed by atoms with Crippen molar-refractivity contribution in [1.82, 2.24) is 0 Å². The third-order valence-corrected chi connectivity index (χ3v) is 4.23. The monoisotopic (exact) mass is 311 g/mol. The molecule has 0 radical (unpaired) electrons. The third kappa shape index (κ3) is 3.58. The second-order valence-corrected chi connectivity index (χ2v) is 6.81. The van der Waals surface area contributed by atoms with Gasteiger partial charge >= 0.3 is 0 Å². The van der Waals surface area contributed by atoms with Crippen LogP contribution >= 0.6 is 0 Å². The average molecular weight is 311 g/mol. The van der Waals surface area contributed by atoms with Crippen molar-refractivity contribution in [3.63, 3.8) is 0 Å². The minimum Gasteiger partial charge on any atom is -0.378 e. The van der Waals surface area contributed by atoms with Crippen LogP contribution in [0.5, 0.6) is 0 Å². The first-order valence-electron chi connectivity index (χ1n) is 6.29. The predicted molar refractivity (Wildman–Crippen MR) is 77.9 cm³/mol. The fourth-order valence-electron chi connectivity index (χ4n) is 2.04. The highest BCUT2D eigenvalue weighted by molar-refractivity contribution is 7.90. The van der Waals surface area contributed by atoms with Crippen LogP contribution in [0.15, 0.2) is 47.4 Å². The molecule has 2 aromatic carbocycles. The molecule has 0 saturated heterocycles. The lowest BCUT2D eigenvalue weighted by Crippen LogP contribution is -2.11. The Bertz CT molecular complexity index is 723. The zero-order valence-corrected chi connectivity index (χ0v) is 12.4. The second kappa shape index (κ2) is 5.81. The Morgan fingerprint density at radius 1 is 1.00 bits per heavy atom. The first kappa shape index (κ1) is 15.4. The van der Waals surface area contributed by atoms with Gasteiger partial charge in [-0.1, -0.05) is 6.07 Å². The lowest BCUT2D eigenvalue weighted by molar-refractivity contribution is 0.544. The van der Waals surface area contributed by atoms with Gasteiger partial charge in [0.25, 0.3) is 0 Å². The molecule has 1 atom stereocenters. The molecule has 1 unspecified atom stereocenters. The van der Waals surface area contributed by atoms with Gasteiger partial charge in [0.2, 0.25) is 0 Å². The quantitative estimate of drug-likeness (QED) is 0.939. The summed E-state index contributed by atoms with van der Waals surface area (Å²) in [7, 11) is -3.26. The van der Waals surface area contributed by atoms with Crippen LogP contribution < -0.4 is 5.32 Å². The Hall–Kier alpha value is -1.95. The maximum absolute atomic E-state index is 13.7. The molecule has 112 valence electrons. The van der Waals surface area contributed by atoms with Gasteiger partial charge in [-0.3, -0.25) is 0 Å². The van der Waals surface area contributed by atoms with Gasteiger partial charge in [-0.15, -0.1) is 0 Å². The molecule has 3 nitrogen and oxygen atoms in total. The molecular formula is C15H15F2NO2S. The maximum Gasteiger partial charge on any atom is 0.175 e. The summed E-state index contributed by atoms with van der Waals surface area (Å²) in [6, 6.07) is 9.13. The lowest BCUT2D eigenvalue weighted by Gasteiger charge is -2.17. The summed E-state index contributed by atoms with van der Waals surface area (Å²) >= 11 is 0. The highest BCUT2D eigenvalue weighted by Gasteiger charge is 2.16. The van der Waals surface area contributed by atoms with Crippen LogP contribution in [-0.2, 0) is 9.84 Å². The number of rotatable bonds is 4. The smallest absolute Gasteiger partial charge is 0.175 e. The molecule has 6 heteroatoms. The molecule has 0 bridgehead atoms. The van der Waals surface area contributed by atoms with Gasteiger partial charge in [0.15, 0.2) is 9.84 Å². The van der Waals surface area contributed by atoms with Gasteiger partial charge in [-0.05, 0) is 43.3 Å². The van der Waals surface area contributed by atoms with E-state index in [1.165, 1.54) is 30.3 Å². The summed E-state index contributed by atoms with van der Waals surface area (Å²) in [5.41, 5.74) is 0.530. The minimum absolute atomic E-state index is 0.0512. The topological polar surface area (TPSA) is 46.2 Å². The Kier molecular flexibility index (Phi) is 4.27. The first-order chi connectivity index (χ1) is 9.79. The number of halogens is 2. The van der Waals surface area contributed by atoms with Crippen LogP contribution in [0.25, 0.3) is 0 Å². The zero-order chi connectivity index (χ0) is 15.6. The molecular weight excluding hydrogens is 296 g/mol. The van der Waals surface area contributed by atoms with E-state index in [0.717, 1.165) is 6.26 Å². The molecule has 0 aliphatic rings. The zero-order valence-electron chi connectivity index (χ0n) is 11.6. The summed E-state index contributed by atoms with van der Waals surface area (Å²) in [5, 5.41) is 2.94. The van der Waals surface area contributed by atoms with E-state index >= 15 is 0 Å². The summed E-state index contributed by atoms with van der Waals surface area (Å²) in [6.07, 6.45) is 1.12. The van der Waals surface area contributed by atoms with Crippen LogP contribution in [0.3, 0.4) is 0 Å². The first-order valence-corrected chi connectivity index (χ1v) is 8.19. The molecule has 0 spiro atoms. The number of hydrogen-bond acceptors (Lipinski definition) is 3. The van der Waals surface area contributed by atoms with E-state index in [4.69, 9.17) is 0 Å². The number of sulfone groups is 1. The standard InChI is InChI=1S/C15H15F2NO2S/c1-10(15-13(16)4-3-5-14(15)17)18-11-6-8-12(9-7-11)21(2,19)20/h3-10,18H,1-2H3. The Labute approximate surface area is 122 Å². The molecule has 0 heterocycles. The number of nitrogens with one attached hydrogen (secondary N) is 1. The van der Waals surface area contributed by atoms with Crippen molar-refractivity contribution in [2.75, 3.05) is 11.6 Å². The summed E-state index contributed by atoms with van der Waals surface area (Å²) in [5.74, 6) is -1.24. The van der Waals surface area contributed by atoms with Gasteiger partial charge in [0.05, 0.1) is 10.9 Å². The SMILES string of the molecule is CC(Nc1ccc(S(C)(=O)=O)cc1)c1c(F)cccc1F. The fraction of sp³-hybridized carbons (Fsp3) is 0.200. The van der Waals surface area contributed by atoms with Crippen molar-refractivity contribution in [2.45, 2.75) is 17.9 Å². The molecule has 0 amide bonds. The largest absolute Gasteiger partial charge is 0.378 e.